The van der Waals surface area contributed by atoms with E-state index in [9.17, 15) is 13.2 Å². The fraction of sp³-hybridized carbons (Fsp3) is 0.600. The van der Waals surface area contributed by atoms with Gasteiger partial charge in [0, 0.05) is 12.6 Å². The fourth-order valence-electron chi connectivity index (χ4n) is 2.80. The number of alkyl halides is 3. The first-order chi connectivity index (χ1) is 9.94. The largest absolute Gasteiger partial charge is 0.416 e. The lowest BCUT2D eigenvalue weighted by atomic mass is 9.77. The van der Waals surface area contributed by atoms with Crippen LogP contribution in [0.2, 0.25) is 0 Å². The molecule has 1 unspecified atom stereocenters. The van der Waals surface area contributed by atoms with Crippen LogP contribution in [0.25, 0.3) is 0 Å². The first-order valence-corrected chi connectivity index (χ1v) is 7.19. The van der Waals surface area contributed by atoms with Crippen LogP contribution in [-0.2, 0) is 10.9 Å². The predicted octanol–water partition coefficient (Wildman–Crippen LogP) is 3.42. The molecular weight excluding hydrogens is 281 g/mol. The SMILES string of the molecule is CCOC1CC(CC(NN)c2cccc(C(F)(F)F)c2)C1. The summed E-state index contributed by atoms with van der Waals surface area (Å²) >= 11 is 0. The molecule has 21 heavy (non-hydrogen) atoms. The standard InChI is InChI=1S/C15H21F3N2O/c1-2-21-13-6-10(7-13)8-14(20-19)11-4-3-5-12(9-11)15(16,17)18/h3-5,9-10,13-14,20H,2,6-8,19H2,1H3. The number of rotatable bonds is 6. The highest BCUT2D eigenvalue weighted by molar-refractivity contribution is 5.28. The van der Waals surface area contributed by atoms with Crippen molar-refractivity contribution in [2.75, 3.05) is 6.61 Å². The highest BCUT2D eigenvalue weighted by atomic mass is 19.4. The molecule has 0 saturated heterocycles. The maximum atomic E-state index is 12.7. The molecule has 1 saturated carbocycles. The maximum Gasteiger partial charge on any atom is 0.416 e. The van der Waals surface area contributed by atoms with E-state index in [1.54, 1.807) is 6.07 Å². The Kier molecular flexibility index (Phi) is 5.24. The van der Waals surface area contributed by atoms with Crippen LogP contribution >= 0.6 is 0 Å². The van der Waals surface area contributed by atoms with Crippen LogP contribution in [-0.4, -0.2) is 12.7 Å². The number of hydrogen-bond acceptors (Lipinski definition) is 3. The Morgan fingerprint density at radius 3 is 2.67 bits per heavy atom. The van der Waals surface area contributed by atoms with Gasteiger partial charge in [-0.1, -0.05) is 12.1 Å². The van der Waals surface area contributed by atoms with Crippen molar-refractivity contribution < 1.29 is 17.9 Å². The zero-order valence-corrected chi connectivity index (χ0v) is 12.0. The van der Waals surface area contributed by atoms with E-state index < -0.39 is 11.7 Å². The Labute approximate surface area is 122 Å². The Morgan fingerprint density at radius 1 is 1.38 bits per heavy atom. The lowest BCUT2D eigenvalue weighted by molar-refractivity contribution is -0.137. The van der Waals surface area contributed by atoms with Crippen molar-refractivity contribution in [1.82, 2.24) is 5.43 Å². The van der Waals surface area contributed by atoms with Crippen molar-refractivity contribution in [2.45, 2.75) is 44.5 Å². The number of halogens is 3. The summed E-state index contributed by atoms with van der Waals surface area (Å²) in [6.07, 6.45) is -1.41. The summed E-state index contributed by atoms with van der Waals surface area (Å²) in [6, 6.07) is 5.08. The molecule has 1 aromatic rings. The van der Waals surface area contributed by atoms with Gasteiger partial charge in [-0.2, -0.15) is 13.2 Å². The van der Waals surface area contributed by atoms with E-state index in [-0.39, 0.29) is 6.04 Å². The van der Waals surface area contributed by atoms with Crippen LogP contribution in [0.4, 0.5) is 13.2 Å². The van der Waals surface area contributed by atoms with Crippen molar-refractivity contribution in [1.29, 1.82) is 0 Å². The minimum absolute atomic E-state index is 0.264. The molecule has 0 bridgehead atoms. The van der Waals surface area contributed by atoms with Crippen molar-refractivity contribution in [3.63, 3.8) is 0 Å². The topological polar surface area (TPSA) is 47.3 Å². The van der Waals surface area contributed by atoms with E-state index >= 15 is 0 Å². The molecule has 118 valence electrons. The van der Waals surface area contributed by atoms with E-state index in [4.69, 9.17) is 10.6 Å². The average molecular weight is 302 g/mol. The van der Waals surface area contributed by atoms with Gasteiger partial charge in [0.1, 0.15) is 0 Å². The highest BCUT2D eigenvalue weighted by Gasteiger charge is 2.33. The second-order valence-corrected chi connectivity index (χ2v) is 5.49. The van der Waals surface area contributed by atoms with E-state index in [0.717, 1.165) is 25.3 Å². The van der Waals surface area contributed by atoms with E-state index in [1.807, 2.05) is 6.92 Å². The summed E-state index contributed by atoms with van der Waals surface area (Å²) < 4.78 is 43.7. The number of nitrogens with one attached hydrogen (secondary N) is 1. The van der Waals surface area contributed by atoms with Gasteiger partial charge in [0.05, 0.1) is 11.7 Å². The number of hydrazine groups is 1. The summed E-state index contributed by atoms with van der Waals surface area (Å²) in [4.78, 5) is 0. The summed E-state index contributed by atoms with van der Waals surface area (Å²) in [5, 5.41) is 0. The fourth-order valence-corrected chi connectivity index (χ4v) is 2.80. The molecule has 0 aromatic heterocycles. The number of ether oxygens (including phenoxy) is 1. The summed E-state index contributed by atoms with van der Waals surface area (Å²) in [5.74, 6) is 5.96. The van der Waals surface area contributed by atoms with Crippen LogP contribution in [0.15, 0.2) is 24.3 Å². The summed E-state index contributed by atoms with van der Waals surface area (Å²) in [5.41, 5.74) is 2.57. The minimum Gasteiger partial charge on any atom is -0.378 e. The van der Waals surface area contributed by atoms with Crippen molar-refractivity contribution in [3.8, 4) is 0 Å². The molecule has 0 heterocycles. The van der Waals surface area contributed by atoms with Crippen LogP contribution in [0.1, 0.15) is 43.4 Å². The van der Waals surface area contributed by atoms with E-state index in [1.165, 1.54) is 12.1 Å². The lowest BCUT2D eigenvalue weighted by Gasteiger charge is -2.37. The Bertz CT molecular complexity index is 458. The summed E-state index contributed by atoms with van der Waals surface area (Å²) in [7, 11) is 0. The van der Waals surface area contributed by atoms with Gasteiger partial charge in [0.15, 0.2) is 0 Å². The van der Waals surface area contributed by atoms with Gasteiger partial charge >= 0.3 is 6.18 Å². The van der Waals surface area contributed by atoms with Crippen molar-refractivity contribution >= 4 is 0 Å². The molecule has 6 heteroatoms. The Balaban J connectivity index is 1.98. The average Bonchev–Trinajstić information content (AvgIpc) is 2.40. The Morgan fingerprint density at radius 2 is 2.10 bits per heavy atom. The van der Waals surface area contributed by atoms with Gasteiger partial charge in [-0.15, -0.1) is 0 Å². The second-order valence-electron chi connectivity index (χ2n) is 5.49. The lowest BCUT2D eigenvalue weighted by Crippen LogP contribution is -2.36. The first kappa shape index (κ1) is 16.3. The molecule has 3 nitrogen and oxygen atoms in total. The van der Waals surface area contributed by atoms with Crippen LogP contribution in [0, 0.1) is 5.92 Å². The molecule has 0 spiro atoms. The third-order valence-corrected chi connectivity index (χ3v) is 3.98. The van der Waals surface area contributed by atoms with Crippen molar-refractivity contribution in [3.05, 3.63) is 35.4 Å². The van der Waals surface area contributed by atoms with Crippen LogP contribution in [0.5, 0.6) is 0 Å². The summed E-state index contributed by atoms with van der Waals surface area (Å²) in [6.45, 7) is 2.66. The highest BCUT2D eigenvalue weighted by Crippen LogP contribution is 2.37. The van der Waals surface area contributed by atoms with Crippen LogP contribution in [0.3, 0.4) is 0 Å². The second kappa shape index (κ2) is 6.77. The molecule has 1 fully saturated rings. The normalized spacial score (nSPS) is 23.7. The van der Waals surface area contributed by atoms with Gasteiger partial charge in [0.2, 0.25) is 0 Å². The van der Waals surface area contributed by atoms with Gasteiger partial charge in [-0.25, -0.2) is 0 Å². The van der Waals surface area contributed by atoms with Gasteiger partial charge < -0.3 is 4.74 Å². The van der Waals surface area contributed by atoms with E-state index in [2.05, 4.69) is 5.43 Å². The zero-order chi connectivity index (χ0) is 15.5. The van der Waals surface area contributed by atoms with Gasteiger partial charge in [0.25, 0.3) is 0 Å². The third-order valence-electron chi connectivity index (χ3n) is 3.98. The zero-order valence-electron chi connectivity index (χ0n) is 12.0. The monoisotopic (exact) mass is 302 g/mol. The molecule has 1 atom stereocenters. The predicted molar refractivity (Wildman–Crippen MR) is 74.3 cm³/mol. The third kappa shape index (κ3) is 4.18. The molecule has 0 amide bonds. The molecule has 0 radical (unpaired) electrons. The Hall–Kier alpha value is -1.11. The minimum atomic E-state index is -4.33. The van der Waals surface area contributed by atoms with E-state index in [0.29, 0.717) is 24.2 Å². The number of hydrogen-bond donors (Lipinski definition) is 2. The van der Waals surface area contributed by atoms with Crippen LogP contribution < -0.4 is 11.3 Å². The smallest absolute Gasteiger partial charge is 0.378 e. The quantitative estimate of drug-likeness (QED) is 0.625. The first-order valence-electron chi connectivity index (χ1n) is 7.19. The molecule has 0 aliphatic heterocycles. The number of nitrogens with two attached hydrogens (primary N) is 1. The van der Waals surface area contributed by atoms with Gasteiger partial charge in [-0.05, 0) is 49.8 Å². The molecule has 1 aromatic carbocycles. The molecule has 1 aliphatic carbocycles. The maximum absolute atomic E-state index is 12.7. The molecular formula is C15H21F3N2O. The molecule has 1 aliphatic rings. The molecule has 2 rings (SSSR count). The van der Waals surface area contributed by atoms with Crippen molar-refractivity contribution in [2.24, 2.45) is 11.8 Å². The number of benzene rings is 1. The molecule has 3 N–H and O–H groups in total. The van der Waals surface area contributed by atoms with Gasteiger partial charge in [-0.3, -0.25) is 11.3 Å².